The van der Waals surface area contributed by atoms with E-state index in [1.807, 2.05) is 36.4 Å². The van der Waals surface area contributed by atoms with Crippen LogP contribution in [0.15, 0.2) is 83.2 Å². The van der Waals surface area contributed by atoms with Crippen molar-refractivity contribution in [1.82, 2.24) is 24.7 Å². The average molecular weight is 521 g/mol. The molecule has 5 aromatic rings. The largest absolute Gasteiger partial charge is 0.493 e. The van der Waals surface area contributed by atoms with Crippen molar-refractivity contribution in [2.45, 2.75) is 12.5 Å². The van der Waals surface area contributed by atoms with Gasteiger partial charge in [-0.05, 0) is 42.3 Å². The fourth-order valence-corrected chi connectivity index (χ4v) is 4.86. The summed E-state index contributed by atoms with van der Waals surface area (Å²) in [4.78, 5) is 31.1. The molecule has 39 heavy (non-hydrogen) atoms. The van der Waals surface area contributed by atoms with Crippen molar-refractivity contribution < 1.29 is 14.6 Å². The summed E-state index contributed by atoms with van der Waals surface area (Å²) in [6.07, 6.45) is 6.93. The number of ether oxygens (including phenoxy) is 2. The molecule has 0 unspecified atom stereocenters. The van der Waals surface area contributed by atoms with Crippen molar-refractivity contribution in [1.29, 1.82) is 0 Å². The van der Waals surface area contributed by atoms with E-state index in [0.717, 1.165) is 16.7 Å². The van der Waals surface area contributed by atoms with Gasteiger partial charge in [-0.25, -0.2) is 15.0 Å². The molecule has 1 aliphatic heterocycles. The predicted molar refractivity (Wildman–Crippen MR) is 146 cm³/mol. The lowest BCUT2D eigenvalue weighted by Gasteiger charge is -2.24. The summed E-state index contributed by atoms with van der Waals surface area (Å²) in [5.41, 5.74) is 4.15. The first-order valence-electron chi connectivity index (χ1n) is 12.3. The van der Waals surface area contributed by atoms with Crippen molar-refractivity contribution in [3.05, 3.63) is 100 Å². The molecule has 3 aromatic heterocycles. The van der Waals surface area contributed by atoms with Gasteiger partial charge in [0.1, 0.15) is 12.0 Å². The number of hydrogen-bond donors (Lipinski definition) is 1. The number of pyridine rings is 1. The van der Waals surface area contributed by atoms with Crippen LogP contribution < -0.4 is 15.0 Å². The van der Waals surface area contributed by atoms with Crippen molar-refractivity contribution >= 4 is 16.5 Å². The highest BCUT2D eigenvalue weighted by Crippen LogP contribution is 2.35. The molecular weight excluding hydrogens is 496 g/mol. The zero-order chi connectivity index (χ0) is 26.9. The summed E-state index contributed by atoms with van der Waals surface area (Å²) in [5, 5.41) is 15.9. The summed E-state index contributed by atoms with van der Waals surface area (Å²) in [6.45, 7) is -0.108. The van der Waals surface area contributed by atoms with Gasteiger partial charge >= 0.3 is 0 Å². The predicted octanol–water partition coefficient (Wildman–Crippen LogP) is 3.01. The van der Waals surface area contributed by atoms with Crippen molar-refractivity contribution in [3.63, 3.8) is 0 Å². The molecule has 10 heteroatoms. The summed E-state index contributed by atoms with van der Waals surface area (Å²) in [5.74, 6) is 1.51. The quantitative estimate of drug-likeness (QED) is 0.362. The summed E-state index contributed by atoms with van der Waals surface area (Å²) in [7, 11) is 3.17. The third kappa shape index (κ3) is 4.30. The zero-order valence-electron chi connectivity index (χ0n) is 21.3. The Morgan fingerprint density at radius 2 is 1.72 bits per heavy atom. The molecule has 6 rings (SSSR count). The summed E-state index contributed by atoms with van der Waals surface area (Å²) < 4.78 is 12.3. The number of rotatable bonds is 6. The molecule has 0 bridgehead atoms. The Labute approximate surface area is 223 Å². The maximum atomic E-state index is 13.6. The minimum absolute atomic E-state index is 0.108. The average Bonchev–Trinajstić information content (AvgIpc) is 3.00. The Morgan fingerprint density at radius 3 is 2.46 bits per heavy atom. The van der Waals surface area contributed by atoms with Gasteiger partial charge in [-0.1, -0.05) is 18.2 Å². The van der Waals surface area contributed by atoms with Crippen LogP contribution in [0.5, 0.6) is 11.5 Å². The minimum atomic E-state index is -0.326. The molecule has 10 nitrogen and oxygen atoms in total. The van der Waals surface area contributed by atoms with Crippen LogP contribution in [-0.2, 0) is 6.42 Å². The third-order valence-electron chi connectivity index (χ3n) is 6.72. The molecule has 1 N–H and O–H groups in total. The fourth-order valence-electron chi connectivity index (χ4n) is 4.86. The van der Waals surface area contributed by atoms with Gasteiger partial charge in [0.25, 0.3) is 5.56 Å². The second-order valence-corrected chi connectivity index (χ2v) is 9.02. The van der Waals surface area contributed by atoms with Gasteiger partial charge in [0, 0.05) is 40.7 Å². The van der Waals surface area contributed by atoms with Crippen LogP contribution in [0.2, 0.25) is 0 Å². The van der Waals surface area contributed by atoms with Gasteiger partial charge in [-0.3, -0.25) is 9.79 Å². The second kappa shape index (κ2) is 10.1. The Morgan fingerprint density at radius 1 is 0.974 bits per heavy atom. The van der Waals surface area contributed by atoms with Gasteiger partial charge in [0.15, 0.2) is 17.3 Å². The molecule has 0 aliphatic carbocycles. The first-order chi connectivity index (χ1) is 19.1. The van der Waals surface area contributed by atoms with Gasteiger partial charge in [-0.2, -0.15) is 9.78 Å². The lowest BCUT2D eigenvalue weighted by Crippen LogP contribution is -2.26. The van der Waals surface area contributed by atoms with E-state index < -0.39 is 0 Å². The van der Waals surface area contributed by atoms with Gasteiger partial charge in [0.05, 0.1) is 38.0 Å². The van der Waals surface area contributed by atoms with E-state index in [-0.39, 0.29) is 18.2 Å². The SMILES string of the molecule is COc1cc2c(cc1OC)C(c1ccnc(-n3nc(-c4cncnc4)c4ccccc4c3=O)c1)=N[C@H](CO)C2. The van der Waals surface area contributed by atoms with Crippen LogP contribution >= 0.6 is 0 Å². The Hall–Kier alpha value is -4.96. The highest BCUT2D eigenvalue weighted by molar-refractivity contribution is 6.15. The van der Waals surface area contributed by atoms with Crippen molar-refractivity contribution in [3.8, 4) is 28.6 Å². The first-order valence-corrected chi connectivity index (χ1v) is 12.3. The zero-order valence-corrected chi connectivity index (χ0v) is 21.3. The van der Waals surface area contributed by atoms with E-state index >= 15 is 0 Å². The maximum absolute atomic E-state index is 13.6. The van der Waals surface area contributed by atoms with E-state index in [9.17, 15) is 9.90 Å². The smallest absolute Gasteiger partial charge is 0.280 e. The molecule has 0 amide bonds. The molecule has 1 aliphatic rings. The minimum Gasteiger partial charge on any atom is -0.493 e. The van der Waals surface area contributed by atoms with Crippen LogP contribution in [0.4, 0.5) is 0 Å². The van der Waals surface area contributed by atoms with Crippen molar-refractivity contribution in [2.24, 2.45) is 4.99 Å². The lowest BCUT2D eigenvalue weighted by molar-refractivity contribution is 0.265. The lowest BCUT2D eigenvalue weighted by atomic mass is 9.90. The number of aliphatic imine (C=N–C) groups is 1. The molecule has 0 saturated heterocycles. The van der Waals surface area contributed by atoms with Crippen LogP contribution in [-0.4, -0.2) is 62.4 Å². The van der Waals surface area contributed by atoms with E-state index in [1.165, 1.54) is 11.0 Å². The van der Waals surface area contributed by atoms with Crippen LogP contribution in [0.25, 0.3) is 27.8 Å². The summed E-state index contributed by atoms with van der Waals surface area (Å²) in [6, 6.07) is 14.4. The topological polar surface area (TPSA) is 125 Å². The Bertz CT molecular complexity index is 1780. The molecule has 0 fully saturated rings. The van der Waals surface area contributed by atoms with E-state index in [0.29, 0.717) is 51.5 Å². The number of fused-ring (bicyclic) bond motifs is 2. The normalized spacial score (nSPS) is 14.5. The van der Waals surface area contributed by atoms with Crippen LogP contribution in [0.1, 0.15) is 16.7 Å². The maximum Gasteiger partial charge on any atom is 0.280 e. The highest BCUT2D eigenvalue weighted by Gasteiger charge is 2.25. The number of aliphatic hydroxyl groups excluding tert-OH is 1. The number of benzene rings is 2. The molecule has 4 heterocycles. The summed E-state index contributed by atoms with van der Waals surface area (Å²) >= 11 is 0. The van der Waals surface area contributed by atoms with Gasteiger partial charge < -0.3 is 14.6 Å². The van der Waals surface area contributed by atoms with E-state index in [4.69, 9.17) is 19.6 Å². The fraction of sp³-hybridized carbons (Fsp3) is 0.172. The van der Waals surface area contributed by atoms with Gasteiger partial charge in [0.2, 0.25) is 0 Å². The van der Waals surface area contributed by atoms with Crippen LogP contribution in [0.3, 0.4) is 0 Å². The Balaban J connectivity index is 1.53. The number of aromatic nitrogens is 5. The second-order valence-electron chi connectivity index (χ2n) is 9.02. The monoisotopic (exact) mass is 520 g/mol. The third-order valence-corrected chi connectivity index (χ3v) is 6.72. The van der Waals surface area contributed by atoms with Crippen molar-refractivity contribution in [2.75, 3.05) is 20.8 Å². The number of hydrogen-bond acceptors (Lipinski definition) is 9. The van der Waals surface area contributed by atoms with Gasteiger partial charge in [-0.15, -0.1) is 0 Å². The first kappa shape index (κ1) is 24.4. The highest BCUT2D eigenvalue weighted by atomic mass is 16.5. The standard InChI is InChI=1S/C29H24N6O4/c1-38-24-10-18-9-20(15-36)33-27(23(18)12-25(24)39-2)17-7-8-32-26(11-17)35-29(37)22-6-4-3-5-21(22)28(34-35)19-13-30-16-31-14-19/h3-8,10-14,16,20,36H,9,15H2,1-2H3/t20-/m0/s1. The molecule has 1 atom stereocenters. The molecule has 194 valence electrons. The molecular formula is C29H24N6O4. The number of nitrogens with zero attached hydrogens (tertiary/aromatic N) is 6. The molecule has 0 spiro atoms. The molecule has 2 aromatic carbocycles. The number of methoxy groups -OCH3 is 2. The molecule has 0 saturated carbocycles. The van der Waals surface area contributed by atoms with E-state index in [2.05, 4.69) is 15.0 Å². The number of aliphatic hydroxyl groups is 1. The Kier molecular flexibility index (Phi) is 6.29. The van der Waals surface area contributed by atoms with Crippen LogP contribution in [0, 0.1) is 0 Å². The van der Waals surface area contributed by atoms with E-state index in [1.54, 1.807) is 44.9 Å². The molecule has 0 radical (unpaired) electrons.